The maximum Gasteiger partial charge on any atom is 0.519 e. The van der Waals surface area contributed by atoms with Gasteiger partial charge in [-0.2, -0.15) is 4.39 Å². The first-order chi connectivity index (χ1) is 3.66. The fourth-order valence-corrected chi connectivity index (χ4v) is 0.311. The van der Waals surface area contributed by atoms with Gasteiger partial charge in [-0.1, -0.05) is 0 Å². The number of ether oxygens (including phenoxy) is 2. The molecule has 0 N–H and O–H groups in total. The Morgan fingerprint density at radius 1 is 1.62 bits per heavy atom. The number of alkyl halides is 2. The van der Waals surface area contributed by atoms with Crippen LogP contribution in [0.4, 0.5) is 13.6 Å². The third kappa shape index (κ3) is 0.595. The van der Waals surface area contributed by atoms with Gasteiger partial charge in [0.05, 0.1) is 0 Å². The van der Waals surface area contributed by atoms with Crippen LogP contribution in [0.3, 0.4) is 0 Å². The molecule has 3 nitrogen and oxygen atoms in total. The van der Waals surface area contributed by atoms with Crippen molar-refractivity contribution in [3.8, 4) is 0 Å². The molecule has 46 valence electrons. The number of hydrogen-bond acceptors (Lipinski definition) is 3. The fraction of sp³-hybridized carbons (Fsp3) is 0.667. The molecule has 1 heterocycles. The van der Waals surface area contributed by atoms with Crippen LogP contribution in [-0.2, 0) is 9.47 Å². The molecule has 0 saturated carbocycles. The molecular weight excluding hydrogens is 122 g/mol. The molecule has 0 aromatic heterocycles. The van der Waals surface area contributed by atoms with Crippen molar-refractivity contribution in [1.29, 1.82) is 0 Å². The normalized spacial score (nSPS) is 23.0. The molecule has 1 aliphatic heterocycles. The second kappa shape index (κ2) is 1.30. The highest BCUT2D eigenvalue weighted by Crippen LogP contribution is 2.26. The van der Waals surface area contributed by atoms with Gasteiger partial charge < -0.3 is 9.47 Å². The maximum atomic E-state index is 11.8. The maximum absolute atomic E-state index is 11.8. The molecule has 0 bridgehead atoms. The summed E-state index contributed by atoms with van der Waals surface area (Å²) in [5, 5.41) is 0. The van der Waals surface area contributed by atoms with Crippen LogP contribution in [-0.4, -0.2) is 18.9 Å². The van der Waals surface area contributed by atoms with E-state index in [1.807, 2.05) is 0 Å². The second-order valence-electron chi connectivity index (χ2n) is 1.25. The minimum atomic E-state index is -2.78. The standard InChI is InChI=1S/C3H2F2O3/c4-1-3(5)7-2(6)8-3/h1H2. The summed E-state index contributed by atoms with van der Waals surface area (Å²) in [6.07, 6.45) is -1.18. The molecule has 0 aliphatic carbocycles. The monoisotopic (exact) mass is 124 g/mol. The van der Waals surface area contributed by atoms with E-state index in [4.69, 9.17) is 0 Å². The second-order valence-corrected chi connectivity index (χ2v) is 1.25. The number of halogens is 2. The van der Waals surface area contributed by atoms with Crippen LogP contribution in [0.2, 0.25) is 0 Å². The zero-order valence-electron chi connectivity index (χ0n) is 3.69. The Kier molecular flexibility index (Phi) is 0.858. The minimum Gasteiger partial charge on any atom is -0.359 e. The van der Waals surface area contributed by atoms with Crippen LogP contribution < -0.4 is 0 Å². The van der Waals surface area contributed by atoms with Crippen LogP contribution in [0, 0.1) is 0 Å². The van der Waals surface area contributed by atoms with Gasteiger partial charge in [-0.05, 0) is 0 Å². The Morgan fingerprint density at radius 3 is 2.25 bits per heavy atom. The zero-order chi connectivity index (χ0) is 6.20. The Labute approximate surface area is 43.2 Å². The van der Waals surface area contributed by atoms with Gasteiger partial charge in [0.25, 0.3) is 0 Å². The lowest BCUT2D eigenvalue weighted by molar-refractivity contribution is -0.349. The van der Waals surface area contributed by atoms with E-state index in [9.17, 15) is 13.6 Å². The minimum absolute atomic E-state index is 1.18. The highest BCUT2D eigenvalue weighted by atomic mass is 19.2. The van der Waals surface area contributed by atoms with Crippen LogP contribution in [0.25, 0.3) is 0 Å². The Hall–Kier alpha value is -0.870. The zero-order valence-corrected chi connectivity index (χ0v) is 3.69. The lowest BCUT2D eigenvalue weighted by Gasteiger charge is -2.28. The summed E-state index contributed by atoms with van der Waals surface area (Å²) in [5.74, 6) is 0. The Balaban J connectivity index is 2.40. The van der Waals surface area contributed by atoms with Crippen LogP contribution >= 0.6 is 0 Å². The van der Waals surface area contributed by atoms with Gasteiger partial charge >= 0.3 is 12.2 Å². The third-order valence-corrected chi connectivity index (χ3v) is 0.631. The molecule has 0 unspecified atom stereocenters. The molecule has 0 aromatic rings. The van der Waals surface area contributed by atoms with E-state index in [1.165, 1.54) is 0 Å². The number of rotatable bonds is 1. The molecule has 0 spiro atoms. The highest BCUT2D eigenvalue weighted by Gasteiger charge is 2.50. The van der Waals surface area contributed by atoms with E-state index in [2.05, 4.69) is 9.47 Å². The summed E-state index contributed by atoms with van der Waals surface area (Å²) in [6, 6.07) is -2.78. The number of cyclic esters (lactones) is 2. The number of carbonyl (C=O) groups excluding carboxylic acids is 1. The largest absolute Gasteiger partial charge is 0.519 e. The molecule has 1 fully saturated rings. The molecule has 0 amide bonds. The van der Waals surface area contributed by atoms with E-state index >= 15 is 0 Å². The van der Waals surface area contributed by atoms with E-state index in [0.29, 0.717) is 0 Å². The lowest BCUT2D eigenvalue weighted by atomic mass is 10.6. The molecule has 0 aromatic carbocycles. The molecule has 1 saturated heterocycles. The Morgan fingerprint density at radius 2 is 2.12 bits per heavy atom. The van der Waals surface area contributed by atoms with Gasteiger partial charge in [0, 0.05) is 0 Å². The summed E-state index contributed by atoms with van der Waals surface area (Å²) < 4.78 is 30.2. The van der Waals surface area contributed by atoms with Crippen molar-refractivity contribution in [2.75, 3.05) is 6.67 Å². The molecule has 1 rings (SSSR count). The van der Waals surface area contributed by atoms with Crippen molar-refractivity contribution in [3.63, 3.8) is 0 Å². The first-order valence-electron chi connectivity index (χ1n) is 1.83. The first-order valence-corrected chi connectivity index (χ1v) is 1.83. The summed E-state index contributed by atoms with van der Waals surface area (Å²) in [7, 11) is 0. The molecule has 5 heteroatoms. The van der Waals surface area contributed by atoms with E-state index in [-0.39, 0.29) is 0 Å². The average molecular weight is 124 g/mol. The van der Waals surface area contributed by atoms with Crippen LogP contribution in [0.1, 0.15) is 0 Å². The van der Waals surface area contributed by atoms with Crippen LogP contribution in [0.5, 0.6) is 0 Å². The quantitative estimate of drug-likeness (QED) is 0.483. The molecule has 8 heavy (non-hydrogen) atoms. The third-order valence-electron chi connectivity index (χ3n) is 0.631. The van der Waals surface area contributed by atoms with Crippen LogP contribution in [0.15, 0.2) is 0 Å². The van der Waals surface area contributed by atoms with Gasteiger partial charge in [0.15, 0.2) is 0 Å². The SMILES string of the molecule is O=C1OC(F)(CF)O1. The lowest BCUT2D eigenvalue weighted by Crippen LogP contribution is -2.47. The molecule has 0 atom stereocenters. The fourth-order valence-electron chi connectivity index (χ4n) is 0.311. The Bertz CT molecular complexity index is 116. The predicted molar refractivity (Wildman–Crippen MR) is 17.4 cm³/mol. The van der Waals surface area contributed by atoms with E-state index in [0.717, 1.165) is 0 Å². The number of carbonyl (C=O) groups is 1. The van der Waals surface area contributed by atoms with Crippen molar-refractivity contribution < 1.29 is 23.0 Å². The van der Waals surface area contributed by atoms with Crippen molar-refractivity contribution in [1.82, 2.24) is 0 Å². The predicted octanol–water partition coefficient (Wildman–Crippen LogP) is 0.746. The van der Waals surface area contributed by atoms with Gasteiger partial charge in [-0.25, -0.2) is 9.18 Å². The topological polar surface area (TPSA) is 35.5 Å². The smallest absolute Gasteiger partial charge is 0.359 e. The van der Waals surface area contributed by atoms with Crippen molar-refractivity contribution in [2.45, 2.75) is 6.04 Å². The van der Waals surface area contributed by atoms with Gasteiger partial charge in [0.1, 0.15) is 0 Å². The summed E-state index contributed by atoms with van der Waals surface area (Å²) in [4.78, 5) is 9.62. The summed E-state index contributed by atoms with van der Waals surface area (Å²) in [5.41, 5.74) is 0. The number of hydrogen-bond donors (Lipinski definition) is 0. The molecular formula is C3H2F2O3. The van der Waals surface area contributed by atoms with Crippen molar-refractivity contribution >= 4 is 6.16 Å². The van der Waals surface area contributed by atoms with Crippen molar-refractivity contribution in [3.05, 3.63) is 0 Å². The average Bonchev–Trinajstić information content (AvgIpc) is 1.63. The van der Waals surface area contributed by atoms with Gasteiger partial charge in [-0.15, -0.1) is 0 Å². The molecule has 1 aliphatic rings. The van der Waals surface area contributed by atoms with Gasteiger partial charge in [-0.3, -0.25) is 0 Å². The molecule has 0 radical (unpaired) electrons. The van der Waals surface area contributed by atoms with Crippen molar-refractivity contribution in [2.24, 2.45) is 0 Å². The first kappa shape index (κ1) is 5.27. The van der Waals surface area contributed by atoms with E-state index < -0.39 is 18.9 Å². The van der Waals surface area contributed by atoms with Gasteiger partial charge in [0.2, 0.25) is 6.67 Å². The summed E-state index contributed by atoms with van der Waals surface area (Å²) >= 11 is 0. The summed E-state index contributed by atoms with van der Waals surface area (Å²) in [6.45, 7) is -1.46. The highest BCUT2D eigenvalue weighted by molar-refractivity contribution is 5.64. The van der Waals surface area contributed by atoms with E-state index in [1.54, 1.807) is 0 Å².